The lowest BCUT2D eigenvalue weighted by Crippen LogP contribution is -2.14. The van der Waals surface area contributed by atoms with Gasteiger partial charge >= 0.3 is 0 Å². The lowest BCUT2D eigenvalue weighted by Gasteiger charge is -2.17. The molecule has 0 aliphatic carbocycles. The van der Waals surface area contributed by atoms with Crippen molar-refractivity contribution in [2.45, 2.75) is 86.0 Å². The van der Waals surface area contributed by atoms with E-state index in [1.807, 2.05) is 30.9 Å². The summed E-state index contributed by atoms with van der Waals surface area (Å²) >= 11 is 0. The van der Waals surface area contributed by atoms with Crippen molar-refractivity contribution in [1.29, 1.82) is 0 Å². The zero-order valence-electron chi connectivity index (χ0n) is 20.0. The van der Waals surface area contributed by atoms with Gasteiger partial charge in [-0.15, -0.1) is 0 Å². The normalized spacial score (nSPS) is 11.1. The van der Waals surface area contributed by atoms with Crippen molar-refractivity contribution in [2.75, 3.05) is 0 Å². The van der Waals surface area contributed by atoms with Gasteiger partial charge in [0.25, 0.3) is 0 Å². The van der Waals surface area contributed by atoms with E-state index in [0.717, 1.165) is 5.82 Å². The van der Waals surface area contributed by atoms with Gasteiger partial charge in [-0.2, -0.15) is 0 Å². The van der Waals surface area contributed by atoms with E-state index in [2.05, 4.69) is 99.4 Å². The van der Waals surface area contributed by atoms with E-state index in [1.54, 1.807) is 18.7 Å². The van der Waals surface area contributed by atoms with Crippen molar-refractivity contribution >= 4 is 0 Å². The Morgan fingerprint density at radius 1 is 0.548 bits per heavy atom. The van der Waals surface area contributed by atoms with Crippen molar-refractivity contribution in [2.24, 2.45) is 0 Å². The lowest BCUT2D eigenvalue weighted by molar-refractivity contribution is 0.545. The molecule has 0 aliphatic rings. The van der Waals surface area contributed by atoms with Crippen LogP contribution in [-0.4, -0.2) is 24.9 Å². The molecule has 5 nitrogen and oxygen atoms in total. The average Bonchev–Trinajstić information content (AvgIpc) is 2.69. The molecule has 170 valence electrons. The molecule has 31 heavy (non-hydrogen) atoms. The quantitative estimate of drug-likeness (QED) is 0.409. The highest BCUT2D eigenvalue weighted by molar-refractivity contribution is 5.18. The molecule has 0 saturated carbocycles. The number of pyridine rings is 1. The molecule has 3 heterocycles. The van der Waals surface area contributed by atoms with E-state index in [1.165, 1.54) is 11.1 Å². The van der Waals surface area contributed by atoms with E-state index in [0.29, 0.717) is 0 Å². The van der Waals surface area contributed by atoms with E-state index in [4.69, 9.17) is 0 Å². The molecule has 0 amide bonds. The fraction of sp³-hybridized carbons (Fsp3) is 0.500. The number of rotatable bonds is 0. The molecule has 0 unspecified atom stereocenters. The van der Waals surface area contributed by atoms with Crippen molar-refractivity contribution in [3.05, 3.63) is 78.7 Å². The van der Waals surface area contributed by atoms with Crippen molar-refractivity contribution in [1.82, 2.24) is 24.9 Å². The van der Waals surface area contributed by atoms with Crippen LogP contribution in [0.15, 0.2) is 61.7 Å². The summed E-state index contributed by atoms with van der Waals surface area (Å²) in [6.07, 6.45) is 12.5. The molecular weight excluding hydrogens is 382 g/mol. The first-order valence-electron chi connectivity index (χ1n) is 10.3. The molecular formula is C26H41N5. The first-order valence-corrected chi connectivity index (χ1v) is 10.3. The molecule has 0 fully saturated rings. The van der Waals surface area contributed by atoms with Crippen LogP contribution in [0.4, 0.5) is 0 Å². The maximum atomic E-state index is 4.14. The second kappa shape index (κ2) is 12.2. The SMILES string of the molecule is C.CC(C)(C)c1ccncc1.CC(C)(C)c1cncnc1.CC(C)(C)c1ncccn1. The van der Waals surface area contributed by atoms with Crippen LogP contribution >= 0.6 is 0 Å². The third kappa shape index (κ3) is 11.3. The summed E-state index contributed by atoms with van der Waals surface area (Å²) in [5, 5.41) is 0. The summed E-state index contributed by atoms with van der Waals surface area (Å²) in [5.74, 6) is 0.898. The predicted molar refractivity (Wildman–Crippen MR) is 131 cm³/mol. The van der Waals surface area contributed by atoms with E-state index in [-0.39, 0.29) is 23.7 Å². The van der Waals surface area contributed by atoms with Crippen LogP contribution in [0.25, 0.3) is 0 Å². The average molecular weight is 424 g/mol. The molecule has 0 aliphatic heterocycles. The first kappa shape index (κ1) is 28.3. The molecule has 0 atom stereocenters. The molecule has 0 bridgehead atoms. The standard InChI is InChI=1S/C9H13N.2C8H12N2.CH4/c1-9(2,3)8-4-6-10-7-5-8;1-8(2,3)7-4-9-6-10-5-7;1-8(2,3)7-9-5-4-6-10-7;/h4-7H,1-3H3;2*4-6H,1-3H3;1H4. The Kier molecular flexibility index (Phi) is 11.2. The second-order valence-corrected chi connectivity index (χ2v) is 10.2. The largest absolute Gasteiger partial charge is 0.265 e. The summed E-state index contributed by atoms with van der Waals surface area (Å²) < 4.78 is 0. The van der Waals surface area contributed by atoms with Gasteiger partial charge in [-0.3, -0.25) is 4.98 Å². The molecule has 5 heteroatoms. The topological polar surface area (TPSA) is 64.5 Å². The Labute approximate surface area is 189 Å². The monoisotopic (exact) mass is 423 g/mol. The smallest absolute Gasteiger partial charge is 0.133 e. The number of nitrogens with zero attached hydrogens (tertiary/aromatic N) is 5. The maximum Gasteiger partial charge on any atom is 0.133 e. The third-order valence-corrected chi connectivity index (χ3v) is 4.21. The molecule has 0 saturated heterocycles. The summed E-state index contributed by atoms with van der Waals surface area (Å²) in [5.41, 5.74) is 3.00. The molecule has 0 aromatic carbocycles. The summed E-state index contributed by atoms with van der Waals surface area (Å²) in [4.78, 5) is 20.1. The van der Waals surface area contributed by atoms with Crippen LogP contribution in [-0.2, 0) is 16.2 Å². The Hall–Kier alpha value is -2.69. The van der Waals surface area contributed by atoms with Crippen molar-refractivity contribution in [3.63, 3.8) is 0 Å². The van der Waals surface area contributed by atoms with Crippen LogP contribution in [0.2, 0.25) is 0 Å². The van der Waals surface area contributed by atoms with Gasteiger partial charge in [0.1, 0.15) is 12.2 Å². The zero-order chi connectivity index (χ0) is 22.8. The molecule has 3 aromatic heterocycles. The van der Waals surface area contributed by atoms with Gasteiger partial charge in [0.05, 0.1) is 0 Å². The fourth-order valence-electron chi connectivity index (χ4n) is 2.22. The van der Waals surface area contributed by atoms with Gasteiger partial charge in [0.2, 0.25) is 0 Å². The number of aromatic nitrogens is 5. The Morgan fingerprint density at radius 3 is 1.29 bits per heavy atom. The fourth-order valence-corrected chi connectivity index (χ4v) is 2.22. The van der Waals surface area contributed by atoms with Crippen LogP contribution in [0.1, 0.15) is 86.7 Å². The van der Waals surface area contributed by atoms with Gasteiger partial charge in [-0.05, 0) is 40.2 Å². The van der Waals surface area contributed by atoms with Gasteiger partial charge in [-0.1, -0.05) is 69.7 Å². The zero-order valence-corrected chi connectivity index (χ0v) is 20.0. The highest BCUT2D eigenvalue weighted by Crippen LogP contribution is 2.20. The van der Waals surface area contributed by atoms with Gasteiger partial charge in [0, 0.05) is 42.6 Å². The van der Waals surface area contributed by atoms with Gasteiger partial charge in [0.15, 0.2) is 0 Å². The molecule has 0 radical (unpaired) electrons. The molecule has 3 rings (SSSR count). The molecule has 3 aromatic rings. The summed E-state index contributed by atoms with van der Waals surface area (Å²) in [6.45, 7) is 19.3. The number of hydrogen-bond acceptors (Lipinski definition) is 5. The highest BCUT2D eigenvalue weighted by Gasteiger charge is 2.15. The minimum absolute atomic E-state index is 0. The second-order valence-electron chi connectivity index (χ2n) is 10.2. The maximum absolute atomic E-state index is 4.14. The predicted octanol–water partition coefficient (Wildman–Crippen LogP) is 6.56. The van der Waals surface area contributed by atoms with E-state index < -0.39 is 0 Å². The lowest BCUT2D eigenvalue weighted by atomic mass is 9.88. The Morgan fingerprint density at radius 2 is 1.00 bits per heavy atom. The van der Waals surface area contributed by atoms with Crippen LogP contribution in [0.5, 0.6) is 0 Å². The molecule has 0 spiro atoms. The van der Waals surface area contributed by atoms with Gasteiger partial charge in [-0.25, -0.2) is 19.9 Å². The number of hydrogen-bond donors (Lipinski definition) is 0. The van der Waals surface area contributed by atoms with Crippen LogP contribution in [0.3, 0.4) is 0 Å². The van der Waals surface area contributed by atoms with Crippen molar-refractivity contribution < 1.29 is 0 Å². The summed E-state index contributed by atoms with van der Waals surface area (Å²) in [6, 6.07) is 5.94. The van der Waals surface area contributed by atoms with E-state index in [9.17, 15) is 0 Å². The summed E-state index contributed by atoms with van der Waals surface area (Å²) in [7, 11) is 0. The highest BCUT2D eigenvalue weighted by atomic mass is 14.9. The molecule has 0 N–H and O–H groups in total. The van der Waals surface area contributed by atoms with Crippen LogP contribution < -0.4 is 0 Å². The Bertz CT molecular complexity index is 711. The minimum Gasteiger partial charge on any atom is -0.265 e. The third-order valence-electron chi connectivity index (χ3n) is 4.21. The van der Waals surface area contributed by atoms with Crippen molar-refractivity contribution in [3.8, 4) is 0 Å². The van der Waals surface area contributed by atoms with E-state index >= 15 is 0 Å². The first-order chi connectivity index (χ1) is 13.8. The van der Waals surface area contributed by atoms with Gasteiger partial charge < -0.3 is 0 Å². The van der Waals surface area contributed by atoms with Crippen LogP contribution in [0, 0.1) is 0 Å². The minimum atomic E-state index is 0. The Balaban J connectivity index is 0.000000429.